The number of rotatable bonds is 6. The van der Waals surface area contributed by atoms with Gasteiger partial charge in [-0.25, -0.2) is 5.20 Å². The molecule has 2 rings (SSSR count). The fraction of sp³-hybridized carbons (Fsp3) is 0.188. The van der Waals surface area contributed by atoms with Crippen LogP contribution in [0.3, 0.4) is 0 Å². The molecule has 3 N–H and O–H groups in total. The van der Waals surface area contributed by atoms with Gasteiger partial charge < -0.3 is 0 Å². The van der Waals surface area contributed by atoms with Crippen molar-refractivity contribution in [3.63, 3.8) is 0 Å². The molecule has 0 amide bonds. The third-order valence-corrected chi connectivity index (χ3v) is 6.44. The van der Waals surface area contributed by atoms with Crippen molar-refractivity contribution in [3.05, 3.63) is 66.2 Å². The van der Waals surface area contributed by atoms with Crippen LogP contribution < -0.4 is 16.3 Å². The Hall–Kier alpha value is -1.74. The Morgan fingerprint density at radius 1 is 1.10 bits per heavy atom. The third kappa shape index (κ3) is 3.13. The van der Waals surface area contributed by atoms with Gasteiger partial charge in [-0.3, -0.25) is 15.2 Å². The number of nitrogens with two attached hydrogens (primary N) is 1. The fourth-order valence-corrected chi connectivity index (χ4v) is 4.69. The lowest BCUT2D eigenvalue weighted by Gasteiger charge is -2.25. The summed E-state index contributed by atoms with van der Waals surface area (Å²) in [4.78, 5) is 12.7. The zero-order valence-corrected chi connectivity index (χ0v) is 12.8. The van der Waals surface area contributed by atoms with Crippen LogP contribution in [0, 0.1) is 0 Å². The van der Waals surface area contributed by atoms with Gasteiger partial charge in [0.25, 0.3) is 0 Å². The molecule has 4 nitrogen and oxygen atoms in total. The number of Topliss-reactive ketones (excluding diaryl/α,β-unsaturated/α-hetero) is 1. The third-order valence-electron chi connectivity index (χ3n) is 3.52. The monoisotopic (exact) mass is 302 g/mol. The predicted octanol–water partition coefficient (Wildman–Crippen LogP) is 2.71. The first-order valence-corrected chi connectivity index (χ1v) is 8.63. The minimum atomic E-state index is -3.21. The van der Waals surface area contributed by atoms with Gasteiger partial charge >= 0.3 is 0 Å². The van der Waals surface area contributed by atoms with E-state index in [1.165, 1.54) is 0 Å². The van der Waals surface area contributed by atoms with Gasteiger partial charge in [0.2, 0.25) is 0 Å². The van der Waals surface area contributed by atoms with Crippen LogP contribution in [0.1, 0.15) is 23.7 Å². The molecule has 110 valence electrons. The van der Waals surface area contributed by atoms with Crippen LogP contribution in [0.25, 0.3) is 0 Å². The number of nitrogens with one attached hydrogen (secondary N) is 1. The van der Waals surface area contributed by atoms with Gasteiger partial charge in [0.05, 0.1) is 5.66 Å². The molecule has 0 aromatic heterocycles. The number of carbonyl (C=O) groups is 1. The molecule has 21 heavy (non-hydrogen) atoms. The van der Waals surface area contributed by atoms with E-state index in [1.807, 2.05) is 19.1 Å². The summed E-state index contributed by atoms with van der Waals surface area (Å²) in [5.41, 5.74) is -0.122. The van der Waals surface area contributed by atoms with Crippen LogP contribution in [-0.2, 0) is 4.57 Å². The molecule has 0 unspecified atom stereocenters. The van der Waals surface area contributed by atoms with Crippen LogP contribution in [0.5, 0.6) is 0 Å². The standard InChI is InChI=1S/C16H19N2O2P/c1-2-15(16(19)13-9-5-3-6-10-13)21(20,18-17)14-11-7-4-8-12-14/h3-12,15H,2,17H2,1H3,(H,18,20)/t15-,21+/m0/s1. The smallest absolute Gasteiger partial charge is 0.199 e. The van der Waals surface area contributed by atoms with Crippen LogP contribution in [-0.4, -0.2) is 11.4 Å². The highest BCUT2D eigenvalue weighted by molar-refractivity contribution is 7.71. The van der Waals surface area contributed by atoms with E-state index in [4.69, 9.17) is 5.84 Å². The Morgan fingerprint density at radius 3 is 2.10 bits per heavy atom. The quantitative estimate of drug-likeness (QED) is 0.372. The molecule has 0 aliphatic carbocycles. The van der Waals surface area contributed by atoms with Crippen molar-refractivity contribution < 1.29 is 9.36 Å². The van der Waals surface area contributed by atoms with E-state index in [2.05, 4.69) is 5.20 Å². The van der Waals surface area contributed by atoms with Crippen molar-refractivity contribution >= 4 is 18.4 Å². The summed E-state index contributed by atoms with van der Waals surface area (Å²) in [6.45, 7) is 1.85. The van der Waals surface area contributed by atoms with Crippen molar-refractivity contribution in [3.8, 4) is 0 Å². The summed E-state index contributed by atoms with van der Waals surface area (Å²) in [6, 6.07) is 17.8. The van der Waals surface area contributed by atoms with E-state index in [9.17, 15) is 9.36 Å². The molecule has 0 spiro atoms. The van der Waals surface area contributed by atoms with Gasteiger partial charge in [0.15, 0.2) is 13.1 Å². The highest BCUT2D eigenvalue weighted by atomic mass is 31.2. The van der Waals surface area contributed by atoms with Gasteiger partial charge in [-0.1, -0.05) is 67.6 Å². The van der Waals surface area contributed by atoms with Gasteiger partial charge in [-0.15, -0.1) is 0 Å². The molecule has 0 radical (unpaired) electrons. The highest BCUT2D eigenvalue weighted by Gasteiger charge is 2.38. The maximum Gasteiger partial charge on any atom is 0.199 e. The first-order valence-electron chi connectivity index (χ1n) is 6.86. The summed E-state index contributed by atoms with van der Waals surface area (Å²) in [5.74, 6) is 5.42. The van der Waals surface area contributed by atoms with Gasteiger partial charge in [0, 0.05) is 10.9 Å². The highest BCUT2D eigenvalue weighted by Crippen LogP contribution is 2.47. The molecule has 0 fully saturated rings. The fourth-order valence-electron chi connectivity index (χ4n) is 2.40. The van der Waals surface area contributed by atoms with Crippen molar-refractivity contribution in [2.24, 2.45) is 5.84 Å². The Morgan fingerprint density at radius 2 is 1.62 bits per heavy atom. The number of ketones is 1. The van der Waals surface area contributed by atoms with Gasteiger partial charge in [-0.2, -0.15) is 0 Å². The van der Waals surface area contributed by atoms with E-state index in [1.54, 1.807) is 48.5 Å². The minimum Gasteiger partial charge on any atom is -0.300 e. The second kappa shape index (κ2) is 6.81. The minimum absolute atomic E-state index is 0.150. The summed E-state index contributed by atoms with van der Waals surface area (Å²) < 4.78 is 13.3. The molecule has 0 saturated carbocycles. The number of benzene rings is 2. The maximum atomic E-state index is 13.3. The van der Waals surface area contributed by atoms with E-state index < -0.39 is 13.0 Å². The summed E-state index contributed by atoms with van der Waals surface area (Å²) in [7, 11) is -3.21. The summed E-state index contributed by atoms with van der Waals surface area (Å²) in [5, 5.41) is 3.00. The molecular weight excluding hydrogens is 283 g/mol. The molecule has 2 atom stereocenters. The van der Waals surface area contributed by atoms with Crippen molar-refractivity contribution in [1.29, 1.82) is 0 Å². The lowest BCUT2D eigenvalue weighted by Crippen LogP contribution is -2.36. The number of hydrazine groups is 1. The van der Waals surface area contributed by atoms with Crippen LogP contribution in [0.15, 0.2) is 60.7 Å². The average molecular weight is 302 g/mol. The largest absolute Gasteiger partial charge is 0.300 e. The molecule has 0 aliphatic heterocycles. The molecule has 2 aromatic rings. The first kappa shape index (κ1) is 15.6. The van der Waals surface area contributed by atoms with Crippen LogP contribution in [0.4, 0.5) is 0 Å². The molecule has 2 aromatic carbocycles. The van der Waals surface area contributed by atoms with E-state index in [0.29, 0.717) is 17.3 Å². The molecule has 5 heteroatoms. The number of hydrogen-bond acceptors (Lipinski definition) is 3. The lowest BCUT2D eigenvalue weighted by atomic mass is 10.1. The second-order valence-electron chi connectivity index (χ2n) is 4.78. The van der Waals surface area contributed by atoms with E-state index in [0.717, 1.165) is 0 Å². The van der Waals surface area contributed by atoms with Crippen LogP contribution in [0.2, 0.25) is 0 Å². The van der Waals surface area contributed by atoms with Gasteiger partial charge in [0.1, 0.15) is 0 Å². The molecule has 0 aliphatic rings. The number of hydrogen-bond donors (Lipinski definition) is 2. The van der Waals surface area contributed by atoms with E-state index >= 15 is 0 Å². The lowest BCUT2D eigenvalue weighted by molar-refractivity contribution is 0.0984. The number of carbonyl (C=O) groups excluding carboxylic acids is 1. The second-order valence-corrected chi connectivity index (χ2v) is 7.49. The van der Waals surface area contributed by atoms with Crippen LogP contribution >= 0.6 is 7.29 Å². The molecule has 0 bridgehead atoms. The Kier molecular flexibility index (Phi) is 5.07. The topological polar surface area (TPSA) is 72.2 Å². The van der Waals surface area contributed by atoms with Crippen molar-refractivity contribution in [1.82, 2.24) is 5.20 Å². The molecule has 0 saturated heterocycles. The van der Waals surface area contributed by atoms with E-state index in [-0.39, 0.29) is 5.78 Å². The maximum absolute atomic E-state index is 13.3. The zero-order chi connectivity index (χ0) is 15.3. The Balaban J connectivity index is 2.44. The first-order chi connectivity index (χ1) is 10.1. The summed E-state index contributed by atoms with van der Waals surface area (Å²) in [6.07, 6.45) is 0.449. The summed E-state index contributed by atoms with van der Waals surface area (Å²) >= 11 is 0. The normalized spacial score (nSPS) is 15.1. The molecular formula is C16H19N2O2P. The zero-order valence-electron chi connectivity index (χ0n) is 11.9. The average Bonchev–Trinajstić information content (AvgIpc) is 2.56. The Labute approximate surface area is 124 Å². The Bertz CT molecular complexity index is 644. The van der Waals surface area contributed by atoms with Crippen molar-refractivity contribution in [2.45, 2.75) is 19.0 Å². The SMILES string of the molecule is CC[C@@H](C(=O)c1ccccc1)[P@@](=O)(NN)c1ccccc1. The van der Waals surface area contributed by atoms with Crippen molar-refractivity contribution in [2.75, 3.05) is 0 Å². The molecule has 0 heterocycles. The van der Waals surface area contributed by atoms with Gasteiger partial charge in [-0.05, 0) is 6.42 Å². The predicted molar refractivity (Wildman–Crippen MR) is 85.9 cm³/mol.